The first kappa shape index (κ1) is 38.5. The van der Waals surface area contributed by atoms with Gasteiger partial charge in [-0.15, -0.1) is 0 Å². The first-order chi connectivity index (χ1) is 25.0. The Balaban J connectivity index is 0.000000201. The van der Waals surface area contributed by atoms with Crippen molar-refractivity contribution in [1.29, 1.82) is 0 Å². The van der Waals surface area contributed by atoms with E-state index in [1.807, 2.05) is 60.7 Å². The third kappa shape index (κ3) is 11.7. The Kier molecular flexibility index (Phi) is 13.8. The van der Waals surface area contributed by atoms with Crippen molar-refractivity contribution < 1.29 is 18.4 Å². The fourth-order valence-corrected chi connectivity index (χ4v) is 6.56. The highest BCUT2D eigenvalue weighted by Crippen LogP contribution is 2.23. The molecular weight excluding hydrogens is 684 g/mol. The summed E-state index contributed by atoms with van der Waals surface area (Å²) in [4.78, 5) is 31.3. The molecule has 0 atom stereocenters. The monoisotopic (exact) mass is 731 g/mol. The molecule has 276 valence electrons. The number of nitrogens with one attached hydrogen (secondary N) is 2. The van der Waals surface area contributed by atoms with Gasteiger partial charge in [0, 0.05) is 114 Å². The van der Waals surface area contributed by atoms with E-state index in [0.717, 1.165) is 110 Å². The van der Waals surface area contributed by atoms with Crippen molar-refractivity contribution >= 4 is 40.5 Å². The fraction of sp³-hybridized carbons (Fsp3) is 0.350. The Morgan fingerprint density at radius 2 is 1.02 bits per heavy atom. The summed E-state index contributed by atoms with van der Waals surface area (Å²) in [6, 6.07) is 25.3. The van der Waals surface area contributed by atoms with Gasteiger partial charge in [0.2, 0.25) is 11.8 Å². The number of rotatable bonds is 10. The number of nitrogens with zero attached hydrogens (tertiary/aromatic N) is 4. The Labute approximate surface area is 310 Å². The zero-order valence-electron chi connectivity index (χ0n) is 29.9. The largest absolute Gasteiger partial charge is 0.398 e. The van der Waals surface area contributed by atoms with Crippen LogP contribution in [0, 0.1) is 11.6 Å². The molecule has 4 N–H and O–H groups in total. The second kappa shape index (κ2) is 18.7. The summed E-state index contributed by atoms with van der Waals surface area (Å²) < 4.78 is 26.1. The van der Waals surface area contributed by atoms with Crippen molar-refractivity contribution in [2.45, 2.75) is 40.0 Å². The van der Waals surface area contributed by atoms with Crippen LogP contribution in [0.25, 0.3) is 0 Å². The average molecular weight is 732 g/mol. The van der Waals surface area contributed by atoms with E-state index >= 15 is 0 Å². The molecule has 0 saturated carbocycles. The molecule has 0 bridgehead atoms. The van der Waals surface area contributed by atoms with Gasteiger partial charge in [0.15, 0.2) is 0 Å². The van der Waals surface area contributed by atoms with Gasteiger partial charge in [0.25, 0.3) is 0 Å². The van der Waals surface area contributed by atoms with Gasteiger partial charge in [0.05, 0.1) is 0 Å². The predicted molar refractivity (Wildman–Crippen MR) is 205 cm³/mol. The second-order valence-corrected chi connectivity index (χ2v) is 13.7. The minimum atomic E-state index is -0.205. The molecule has 2 amide bonds. The molecule has 6 rings (SSSR count). The van der Waals surface area contributed by atoms with E-state index in [1.165, 1.54) is 38.1 Å². The van der Waals surface area contributed by atoms with Gasteiger partial charge in [-0.2, -0.15) is 0 Å². The van der Waals surface area contributed by atoms with Crippen molar-refractivity contribution in [3.8, 4) is 0 Å². The highest BCUT2D eigenvalue weighted by molar-refractivity contribution is 6.31. The van der Waals surface area contributed by atoms with E-state index in [-0.39, 0.29) is 23.4 Å². The molecular formula is C40H48ClF2N7O2. The van der Waals surface area contributed by atoms with Crippen LogP contribution in [0.1, 0.15) is 36.1 Å². The number of hydrogen-bond acceptors (Lipinski definition) is 7. The standard InChI is InChI=1S/C20H23ClFN3O.C20H25FN4O/c1-15(26)23-13-16-2-3-17(20(21)12-16)14-24-8-10-25(11-9-24)19-6-4-18(22)5-7-19;1-15(26)23-13-16-2-3-17(20(22)12-16)14-24-8-10-25(11-9-24)19-6-4-18(21)5-7-19/h2-7,12H,8-11,13-14H2,1H3,(H,23,26);2-7,12H,8-11,13-14,22H2,1H3,(H,23,26). The molecule has 2 aliphatic heterocycles. The minimum Gasteiger partial charge on any atom is -0.398 e. The first-order valence-corrected chi connectivity index (χ1v) is 18.0. The minimum absolute atomic E-state index is 0.0494. The summed E-state index contributed by atoms with van der Waals surface area (Å²) in [5, 5.41) is 6.29. The maximum absolute atomic E-state index is 13.1. The lowest BCUT2D eigenvalue weighted by Gasteiger charge is -2.36. The Morgan fingerprint density at radius 1 is 0.615 bits per heavy atom. The zero-order chi connectivity index (χ0) is 37.0. The van der Waals surface area contributed by atoms with Gasteiger partial charge in [0.1, 0.15) is 11.6 Å². The van der Waals surface area contributed by atoms with Crippen molar-refractivity contribution in [2.24, 2.45) is 0 Å². The quantitative estimate of drug-likeness (QED) is 0.178. The number of anilines is 3. The smallest absolute Gasteiger partial charge is 0.217 e. The second-order valence-electron chi connectivity index (χ2n) is 13.3. The van der Waals surface area contributed by atoms with E-state index in [2.05, 4.69) is 30.2 Å². The summed E-state index contributed by atoms with van der Waals surface area (Å²) >= 11 is 6.42. The van der Waals surface area contributed by atoms with E-state index in [4.69, 9.17) is 17.3 Å². The third-order valence-electron chi connectivity index (χ3n) is 9.33. The van der Waals surface area contributed by atoms with Crippen LogP contribution in [0.5, 0.6) is 0 Å². The average Bonchev–Trinajstić information content (AvgIpc) is 3.13. The van der Waals surface area contributed by atoms with Crippen molar-refractivity contribution in [1.82, 2.24) is 20.4 Å². The Hall–Kier alpha value is -4.71. The van der Waals surface area contributed by atoms with Gasteiger partial charge >= 0.3 is 0 Å². The van der Waals surface area contributed by atoms with Crippen molar-refractivity contribution in [3.05, 3.63) is 124 Å². The molecule has 0 radical (unpaired) electrons. The molecule has 2 fully saturated rings. The highest BCUT2D eigenvalue weighted by Gasteiger charge is 2.20. The molecule has 4 aromatic carbocycles. The number of benzene rings is 4. The van der Waals surface area contributed by atoms with Crippen LogP contribution in [0.3, 0.4) is 0 Å². The molecule has 0 spiro atoms. The van der Waals surface area contributed by atoms with Gasteiger partial charge in [-0.3, -0.25) is 19.4 Å². The van der Waals surface area contributed by atoms with Crippen LogP contribution in [0.15, 0.2) is 84.9 Å². The number of hydrogen-bond donors (Lipinski definition) is 3. The zero-order valence-corrected chi connectivity index (χ0v) is 30.6. The Morgan fingerprint density at radius 3 is 1.42 bits per heavy atom. The molecule has 0 aromatic heterocycles. The van der Waals surface area contributed by atoms with Crippen LogP contribution in [0.2, 0.25) is 5.02 Å². The molecule has 2 heterocycles. The molecule has 4 aromatic rings. The molecule has 2 aliphatic rings. The van der Waals surface area contributed by atoms with E-state index in [1.54, 1.807) is 0 Å². The van der Waals surface area contributed by atoms with Gasteiger partial charge in [-0.25, -0.2) is 8.78 Å². The van der Waals surface area contributed by atoms with Gasteiger partial charge < -0.3 is 26.2 Å². The first-order valence-electron chi connectivity index (χ1n) is 17.6. The molecule has 0 aliphatic carbocycles. The lowest BCUT2D eigenvalue weighted by atomic mass is 10.1. The van der Waals surface area contributed by atoms with Crippen LogP contribution < -0.4 is 26.2 Å². The van der Waals surface area contributed by atoms with Crippen LogP contribution in [0.4, 0.5) is 25.8 Å². The van der Waals surface area contributed by atoms with Crippen LogP contribution >= 0.6 is 11.6 Å². The summed E-state index contributed by atoms with van der Waals surface area (Å²) in [5.74, 6) is -0.510. The van der Waals surface area contributed by atoms with Crippen LogP contribution in [-0.2, 0) is 35.8 Å². The highest BCUT2D eigenvalue weighted by atomic mass is 35.5. The number of carbonyl (C=O) groups excluding carboxylic acids is 2. The molecule has 52 heavy (non-hydrogen) atoms. The number of nitrogens with two attached hydrogens (primary N) is 1. The number of nitrogen functional groups attached to an aromatic ring is 1. The molecule has 2 saturated heterocycles. The summed E-state index contributed by atoms with van der Waals surface area (Å²) in [6.45, 7) is 13.0. The van der Waals surface area contributed by atoms with E-state index in [9.17, 15) is 18.4 Å². The lowest BCUT2D eigenvalue weighted by molar-refractivity contribution is -0.120. The molecule has 12 heteroatoms. The number of amides is 2. The maximum Gasteiger partial charge on any atom is 0.217 e. The predicted octanol–water partition coefficient (Wildman–Crippen LogP) is 5.80. The topological polar surface area (TPSA) is 97.2 Å². The lowest BCUT2D eigenvalue weighted by Crippen LogP contribution is -2.46. The van der Waals surface area contributed by atoms with Gasteiger partial charge in [-0.05, 0) is 82.9 Å². The summed E-state index contributed by atoms with van der Waals surface area (Å²) in [5.41, 5.74) is 13.3. The number of carbonyl (C=O) groups is 2. The summed E-state index contributed by atoms with van der Waals surface area (Å²) in [6.07, 6.45) is 0. The van der Waals surface area contributed by atoms with Gasteiger partial charge in [-0.1, -0.05) is 35.9 Å². The number of halogens is 3. The Bertz CT molecular complexity index is 1650. The fourth-order valence-electron chi connectivity index (χ4n) is 6.29. The molecule has 9 nitrogen and oxygen atoms in total. The SMILES string of the molecule is CC(=O)NCc1ccc(CN2CCN(c3ccc(F)cc3)CC2)c(Cl)c1.CC(=O)NCc1ccc(CN2CCN(c3ccc(F)cc3)CC2)c(N)c1. The van der Waals surface area contributed by atoms with E-state index < -0.39 is 0 Å². The van der Waals surface area contributed by atoms with Crippen molar-refractivity contribution in [2.75, 3.05) is 67.9 Å². The number of piperazine rings is 2. The van der Waals surface area contributed by atoms with E-state index in [0.29, 0.717) is 13.1 Å². The summed E-state index contributed by atoms with van der Waals surface area (Å²) in [7, 11) is 0. The molecule has 0 unspecified atom stereocenters. The van der Waals surface area contributed by atoms with Crippen molar-refractivity contribution in [3.63, 3.8) is 0 Å². The third-order valence-corrected chi connectivity index (χ3v) is 9.68. The van der Waals surface area contributed by atoms with Crippen LogP contribution in [-0.4, -0.2) is 74.0 Å². The normalized spacial score (nSPS) is 15.1. The maximum atomic E-state index is 13.1.